The summed E-state index contributed by atoms with van der Waals surface area (Å²) in [6, 6.07) is 0.694. The van der Waals surface area contributed by atoms with E-state index < -0.39 is 0 Å². The smallest absolute Gasteiger partial charge is 0.193 e. The van der Waals surface area contributed by atoms with Crippen LogP contribution in [0.4, 0.5) is 0 Å². The van der Waals surface area contributed by atoms with E-state index in [1.165, 1.54) is 45.2 Å². The van der Waals surface area contributed by atoms with Gasteiger partial charge in [0, 0.05) is 31.1 Å². The molecule has 2 saturated heterocycles. The van der Waals surface area contributed by atoms with E-state index in [0.717, 1.165) is 51.4 Å². The number of rotatable bonds is 4. The highest BCUT2D eigenvalue weighted by atomic mass is 127. The monoisotopic (exact) mass is 478 g/mol. The number of piperidine rings is 1. The average molecular weight is 478 g/mol. The second-order valence-corrected chi connectivity index (χ2v) is 8.57. The Kier molecular flexibility index (Phi) is 8.94. The Morgan fingerprint density at radius 1 is 1.12 bits per heavy atom. The van der Waals surface area contributed by atoms with Crippen molar-refractivity contribution in [2.75, 3.05) is 39.3 Å². The standard InChI is InChI=1S/C20H38N4O.HI/c1-3-21-19(22-16-20(2)11-6-5-9-18(20)25)24-14-10-17(15-24)23-12-7-4-8-13-23;/h17-18,25H,3-16H2,1-2H3,(H,21,22);1H. The summed E-state index contributed by atoms with van der Waals surface area (Å²) in [6.45, 7) is 10.8. The van der Waals surface area contributed by atoms with Crippen LogP contribution in [0.3, 0.4) is 0 Å². The third kappa shape index (κ3) is 5.47. The summed E-state index contributed by atoms with van der Waals surface area (Å²) in [7, 11) is 0. The van der Waals surface area contributed by atoms with Crippen LogP contribution < -0.4 is 5.32 Å². The molecule has 2 aliphatic heterocycles. The van der Waals surface area contributed by atoms with Gasteiger partial charge in [-0.15, -0.1) is 24.0 Å². The topological polar surface area (TPSA) is 51.1 Å². The summed E-state index contributed by atoms with van der Waals surface area (Å²) in [5.74, 6) is 1.06. The molecule has 2 N–H and O–H groups in total. The molecule has 3 aliphatic rings. The molecule has 0 aromatic carbocycles. The van der Waals surface area contributed by atoms with Crippen molar-refractivity contribution in [1.82, 2.24) is 15.1 Å². The summed E-state index contributed by atoms with van der Waals surface area (Å²) in [5, 5.41) is 13.9. The summed E-state index contributed by atoms with van der Waals surface area (Å²) in [5.41, 5.74) is -0.0507. The maximum absolute atomic E-state index is 10.4. The zero-order valence-electron chi connectivity index (χ0n) is 16.8. The maximum Gasteiger partial charge on any atom is 0.193 e. The summed E-state index contributed by atoms with van der Waals surface area (Å²) < 4.78 is 0. The molecule has 0 aromatic rings. The van der Waals surface area contributed by atoms with Crippen LogP contribution in [0.1, 0.15) is 65.2 Å². The van der Waals surface area contributed by atoms with Crippen LogP contribution in [0.15, 0.2) is 4.99 Å². The molecule has 2 heterocycles. The van der Waals surface area contributed by atoms with Gasteiger partial charge in [0.05, 0.1) is 12.6 Å². The van der Waals surface area contributed by atoms with Gasteiger partial charge in [0.1, 0.15) is 0 Å². The zero-order chi connectivity index (χ0) is 17.7. The van der Waals surface area contributed by atoms with Crippen LogP contribution >= 0.6 is 24.0 Å². The molecule has 3 rings (SSSR count). The van der Waals surface area contributed by atoms with Crippen molar-refractivity contribution in [3.05, 3.63) is 0 Å². The van der Waals surface area contributed by atoms with Gasteiger partial charge in [-0.1, -0.05) is 26.2 Å². The number of hydrogen-bond acceptors (Lipinski definition) is 3. The van der Waals surface area contributed by atoms with Crippen LogP contribution in [0.5, 0.6) is 0 Å². The zero-order valence-corrected chi connectivity index (χ0v) is 19.1. The maximum atomic E-state index is 10.4. The SMILES string of the molecule is CCNC(=NCC1(C)CCCCC1O)N1CCC(N2CCCCC2)C1.I. The summed E-state index contributed by atoms with van der Waals surface area (Å²) in [4.78, 5) is 10.1. The third-order valence-electron chi connectivity index (χ3n) is 6.57. The van der Waals surface area contributed by atoms with Gasteiger partial charge in [0.15, 0.2) is 5.96 Å². The number of aliphatic hydroxyl groups is 1. The molecule has 1 aliphatic carbocycles. The lowest BCUT2D eigenvalue weighted by atomic mass is 9.73. The quantitative estimate of drug-likeness (QED) is 0.371. The van der Waals surface area contributed by atoms with E-state index in [0.29, 0.717) is 6.04 Å². The molecule has 0 bridgehead atoms. The minimum absolute atomic E-state index is 0. The molecule has 152 valence electrons. The first kappa shape index (κ1) is 22.2. The molecule has 3 atom stereocenters. The first-order valence-electron chi connectivity index (χ1n) is 10.6. The molecule has 5 nitrogen and oxygen atoms in total. The van der Waals surface area contributed by atoms with Crippen LogP contribution in [0.25, 0.3) is 0 Å². The van der Waals surface area contributed by atoms with Gasteiger partial charge in [-0.05, 0) is 52.1 Å². The Balaban J connectivity index is 0.00000243. The van der Waals surface area contributed by atoms with Crippen molar-refractivity contribution < 1.29 is 5.11 Å². The third-order valence-corrected chi connectivity index (χ3v) is 6.57. The Morgan fingerprint density at radius 3 is 2.58 bits per heavy atom. The van der Waals surface area contributed by atoms with Crippen LogP contribution in [0, 0.1) is 5.41 Å². The van der Waals surface area contributed by atoms with E-state index in [-0.39, 0.29) is 35.5 Å². The predicted octanol–water partition coefficient (Wildman–Crippen LogP) is 3.07. The molecule has 0 aromatic heterocycles. The van der Waals surface area contributed by atoms with Gasteiger partial charge < -0.3 is 15.3 Å². The summed E-state index contributed by atoms with van der Waals surface area (Å²) in [6.07, 6.45) is 9.58. The number of nitrogens with zero attached hydrogens (tertiary/aromatic N) is 3. The van der Waals surface area contributed by atoms with Gasteiger partial charge in [0.2, 0.25) is 0 Å². The number of hydrogen-bond donors (Lipinski definition) is 2. The molecular weight excluding hydrogens is 439 g/mol. The molecule has 0 radical (unpaired) electrons. The lowest BCUT2D eigenvalue weighted by molar-refractivity contribution is 0.00705. The van der Waals surface area contributed by atoms with Crippen molar-refractivity contribution >= 4 is 29.9 Å². The highest BCUT2D eigenvalue weighted by molar-refractivity contribution is 14.0. The predicted molar refractivity (Wildman–Crippen MR) is 119 cm³/mol. The van der Waals surface area contributed by atoms with E-state index in [1.807, 2.05) is 0 Å². The lowest BCUT2D eigenvalue weighted by Crippen LogP contribution is -2.45. The minimum atomic E-state index is -0.201. The first-order valence-corrected chi connectivity index (χ1v) is 10.6. The molecule has 3 fully saturated rings. The Labute approximate surface area is 177 Å². The summed E-state index contributed by atoms with van der Waals surface area (Å²) >= 11 is 0. The highest BCUT2D eigenvalue weighted by Gasteiger charge is 2.36. The second kappa shape index (κ2) is 10.5. The van der Waals surface area contributed by atoms with Crippen molar-refractivity contribution in [3.8, 4) is 0 Å². The normalized spacial score (nSPS) is 33.8. The van der Waals surface area contributed by atoms with Crippen molar-refractivity contribution in [2.45, 2.75) is 77.4 Å². The van der Waals surface area contributed by atoms with Gasteiger partial charge in [-0.25, -0.2) is 0 Å². The van der Waals surface area contributed by atoms with E-state index >= 15 is 0 Å². The Morgan fingerprint density at radius 2 is 1.88 bits per heavy atom. The largest absolute Gasteiger partial charge is 0.392 e. The average Bonchev–Trinajstić information content (AvgIpc) is 3.12. The number of halogens is 1. The number of nitrogens with one attached hydrogen (secondary N) is 1. The van der Waals surface area contributed by atoms with Gasteiger partial charge in [0.25, 0.3) is 0 Å². The van der Waals surface area contributed by atoms with Crippen LogP contribution in [0.2, 0.25) is 0 Å². The fourth-order valence-corrected chi connectivity index (χ4v) is 4.76. The number of guanidine groups is 1. The van der Waals surface area contributed by atoms with E-state index in [1.54, 1.807) is 0 Å². The Bertz CT molecular complexity index is 455. The molecule has 0 spiro atoms. The van der Waals surface area contributed by atoms with Crippen molar-refractivity contribution in [1.29, 1.82) is 0 Å². The fourth-order valence-electron chi connectivity index (χ4n) is 4.76. The molecule has 26 heavy (non-hydrogen) atoms. The van der Waals surface area contributed by atoms with Gasteiger partial charge in [-0.2, -0.15) is 0 Å². The van der Waals surface area contributed by atoms with Gasteiger partial charge >= 0.3 is 0 Å². The van der Waals surface area contributed by atoms with E-state index in [4.69, 9.17) is 4.99 Å². The van der Waals surface area contributed by atoms with Crippen molar-refractivity contribution in [3.63, 3.8) is 0 Å². The Hall–Kier alpha value is -0.0800. The molecule has 6 heteroatoms. The lowest BCUT2D eigenvalue weighted by Gasteiger charge is -2.37. The van der Waals surface area contributed by atoms with Crippen LogP contribution in [-0.2, 0) is 0 Å². The minimum Gasteiger partial charge on any atom is -0.392 e. The van der Waals surface area contributed by atoms with E-state index in [2.05, 4.69) is 29.0 Å². The van der Waals surface area contributed by atoms with Crippen LogP contribution in [-0.4, -0.2) is 72.3 Å². The second-order valence-electron chi connectivity index (χ2n) is 8.57. The molecule has 0 amide bonds. The van der Waals surface area contributed by atoms with Gasteiger partial charge in [-0.3, -0.25) is 9.89 Å². The van der Waals surface area contributed by atoms with Crippen molar-refractivity contribution in [2.24, 2.45) is 10.4 Å². The number of likely N-dealkylation sites (tertiary alicyclic amines) is 2. The number of aliphatic imine (C=N–C) groups is 1. The fraction of sp³-hybridized carbons (Fsp3) is 0.950. The first-order chi connectivity index (χ1) is 12.1. The number of aliphatic hydroxyl groups excluding tert-OH is 1. The van der Waals surface area contributed by atoms with E-state index in [9.17, 15) is 5.11 Å². The molecule has 3 unspecified atom stereocenters. The highest BCUT2D eigenvalue weighted by Crippen LogP contribution is 2.36. The molecular formula is C20H39IN4O. The molecule has 1 saturated carbocycles.